The van der Waals surface area contributed by atoms with Gasteiger partial charge in [-0.05, 0) is 43.9 Å². The first kappa shape index (κ1) is 19.0. The summed E-state index contributed by atoms with van der Waals surface area (Å²) in [5, 5.41) is 0. The Kier molecular flexibility index (Phi) is 9.99. The molecular formula is C22H41N. The summed E-state index contributed by atoms with van der Waals surface area (Å²) in [5.74, 6) is 1.73. The molecule has 1 heterocycles. The van der Waals surface area contributed by atoms with Crippen LogP contribution in [0.3, 0.4) is 0 Å². The van der Waals surface area contributed by atoms with Gasteiger partial charge < -0.3 is 0 Å². The molecule has 0 aromatic rings. The fourth-order valence-corrected chi connectivity index (χ4v) is 4.75. The third kappa shape index (κ3) is 7.40. The van der Waals surface area contributed by atoms with Crippen molar-refractivity contribution >= 4 is 5.71 Å². The predicted molar refractivity (Wildman–Crippen MR) is 103 cm³/mol. The van der Waals surface area contributed by atoms with Crippen LogP contribution in [0, 0.1) is 11.8 Å². The van der Waals surface area contributed by atoms with Gasteiger partial charge in [0.2, 0.25) is 0 Å². The Balaban J connectivity index is 2.04. The number of nitrogens with zero attached hydrogens (tertiary/aromatic N) is 1. The van der Waals surface area contributed by atoms with E-state index >= 15 is 0 Å². The van der Waals surface area contributed by atoms with Crippen LogP contribution in [0.4, 0.5) is 0 Å². The average Bonchev–Trinajstić information content (AvgIpc) is 2.64. The lowest BCUT2D eigenvalue weighted by Crippen LogP contribution is -2.25. The van der Waals surface area contributed by atoms with Gasteiger partial charge in [-0.25, -0.2) is 0 Å². The van der Waals surface area contributed by atoms with Crippen molar-refractivity contribution in [2.45, 2.75) is 116 Å². The van der Waals surface area contributed by atoms with Crippen molar-refractivity contribution < 1.29 is 0 Å². The molecule has 2 rings (SSSR count). The second-order valence-corrected chi connectivity index (χ2v) is 8.07. The second-order valence-electron chi connectivity index (χ2n) is 8.07. The summed E-state index contributed by atoms with van der Waals surface area (Å²) in [6.45, 7) is 3.54. The zero-order valence-electron chi connectivity index (χ0n) is 15.8. The molecule has 0 amide bonds. The first-order chi connectivity index (χ1) is 11.4. The van der Waals surface area contributed by atoms with Crippen molar-refractivity contribution in [3.8, 4) is 0 Å². The highest BCUT2D eigenvalue weighted by molar-refractivity contribution is 5.87. The summed E-state index contributed by atoms with van der Waals surface area (Å²) in [4.78, 5) is 5.17. The van der Waals surface area contributed by atoms with Gasteiger partial charge in [0.1, 0.15) is 0 Å². The maximum Gasteiger partial charge on any atom is 0.0388 e. The van der Waals surface area contributed by atoms with Gasteiger partial charge in [0.05, 0.1) is 0 Å². The van der Waals surface area contributed by atoms with Crippen LogP contribution in [-0.2, 0) is 0 Å². The van der Waals surface area contributed by atoms with Crippen LogP contribution in [0.25, 0.3) is 0 Å². The van der Waals surface area contributed by atoms with Gasteiger partial charge >= 0.3 is 0 Å². The molecule has 0 radical (unpaired) electrons. The van der Waals surface area contributed by atoms with E-state index in [1.165, 1.54) is 109 Å². The summed E-state index contributed by atoms with van der Waals surface area (Å²) in [5.41, 5.74) is 1.64. The third-order valence-corrected chi connectivity index (χ3v) is 6.27. The Labute approximate surface area is 145 Å². The second kappa shape index (κ2) is 12.1. The van der Waals surface area contributed by atoms with Gasteiger partial charge in [-0.2, -0.15) is 0 Å². The average molecular weight is 320 g/mol. The highest BCUT2D eigenvalue weighted by Crippen LogP contribution is 2.32. The number of aliphatic imine (C=N–C) groups is 1. The topological polar surface area (TPSA) is 12.4 Å². The molecule has 1 fully saturated rings. The van der Waals surface area contributed by atoms with Crippen molar-refractivity contribution in [2.75, 3.05) is 6.54 Å². The molecule has 134 valence electrons. The Morgan fingerprint density at radius 3 is 1.96 bits per heavy atom. The van der Waals surface area contributed by atoms with Crippen molar-refractivity contribution in [3.05, 3.63) is 0 Å². The van der Waals surface area contributed by atoms with Gasteiger partial charge in [-0.3, -0.25) is 4.99 Å². The van der Waals surface area contributed by atoms with Crippen molar-refractivity contribution in [2.24, 2.45) is 16.8 Å². The van der Waals surface area contributed by atoms with E-state index in [4.69, 9.17) is 4.99 Å². The van der Waals surface area contributed by atoms with Gasteiger partial charge in [0.25, 0.3) is 0 Å². The van der Waals surface area contributed by atoms with E-state index < -0.39 is 0 Å². The molecule has 0 aromatic carbocycles. The normalized spacial score (nSPS) is 30.0. The summed E-state index contributed by atoms with van der Waals surface area (Å²) < 4.78 is 0. The van der Waals surface area contributed by atoms with Crippen molar-refractivity contribution in [1.29, 1.82) is 0 Å². The van der Waals surface area contributed by atoms with Crippen LogP contribution in [-0.4, -0.2) is 12.3 Å². The molecular weight excluding hydrogens is 278 g/mol. The molecule has 0 bridgehead atoms. The van der Waals surface area contributed by atoms with E-state index in [1.54, 1.807) is 5.71 Å². The van der Waals surface area contributed by atoms with Crippen LogP contribution < -0.4 is 0 Å². The Hall–Kier alpha value is -0.330. The summed E-state index contributed by atoms with van der Waals surface area (Å²) in [6.07, 6.45) is 24.3. The SMILES string of the molecule is CCC1CCCCCCCCCC1C1=NCCCCCCCC1. The van der Waals surface area contributed by atoms with Gasteiger partial charge in [-0.15, -0.1) is 0 Å². The minimum absolute atomic E-state index is 0.817. The lowest BCUT2D eigenvalue weighted by molar-refractivity contribution is 0.339. The van der Waals surface area contributed by atoms with E-state index in [9.17, 15) is 0 Å². The van der Waals surface area contributed by atoms with Crippen LogP contribution in [0.2, 0.25) is 0 Å². The summed E-state index contributed by atoms with van der Waals surface area (Å²) >= 11 is 0. The van der Waals surface area contributed by atoms with E-state index in [1.807, 2.05) is 0 Å². The molecule has 2 unspecified atom stereocenters. The van der Waals surface area contributed by atoms with E-state index in [0.29, 0.717) is 0 Å². The number of hydrogen-bond acceptors (Lipinski definition) is 1. The fourth-order valence-electron chi connectivity index (χ4n) is 4.75. The first-order valence-electron chi connectivity index (χ1n) is 10.9. The fraction of sp³-hybridized carbons (Fsp3) is 0.955. The van der Waals surface area contributed by atoms with Crippen molar-refractivity contribution in [1.82, 2.24) is 0 Å². The van der Waals surface area contributed by atoms with E-state index in [2.05, 4.69) is 6.92 Å². The standard InChI is InChI=1S/C22H41N/c1-2-20-16-12-8-4-3-5-9-13-17-21(20)22-18-14-10-6-7-11-15-19-23-22/h20-21H,2-19H2,1H3. The monoisotopic (exact) mass is 319 g/mol. The van der Waals surface area contributed by atoms with Crippen LogP contribution in [0.5, 0.6) is 0 Å². The minimum atomic E-state index is 0.817. The predicted octanol–water partition coefficient (Wildman–Crippen LogP) is 7.34. The summed E-state index contributed by atoms with van der Waals surface area (Å²) in [7, 11) is 0. The molecule has 1 saturated carbocycles. The largest absolute Gasteiger partial charge is 0.294 e. The van der Waals surface area contributed by atoms with E-state index in [-0.39, 0.29) is 0 Å². The Morgan fingerprint density at radius 2 is 1.26 bits per heavy atom. The molecule has 1 aliphatic heterocycles. The Morgan fingerprint density at radius 1 is 0.696 bits per heavy atom. The molecule has 1 heteroatoms. The van der Waals surface area contributed by atoms with Crippen molar-refractivity contribution in [3.63, 3.8) is 0 Å². The third-order valence-electron chi connectivity index (χ3n) is 6.27. The molecule has 2 atom stereocenters. The number of hydrogen-bond donors (Lipinski definition) is 0. The zero-order chi connectivity index (χ0) is 16.2. The highest BCUT2D eigenvalue weighted by atomic mass is 14.7. The zero-order valence-corrected chi connectivity index (χ0v) is 15.8. The van der Waals surface area contributed by atoms with E-state index in [0.717, 1.165) is 18.4 Å². The lowest BCUT2D eigenvalue weighted by Gasteiger charge is -2.28. The van der Waals surface area contributed by atoms with Crippen LogP contribution in [0.15, 0.2) is 4.99 Å². The molecule has 0 saturated heterocycles. The van der Waals surface area contributed by atoms with Crippen LogP contribution >= 0.6 is 0 Å². The molecule has 0 aromatic heterocycles. The molecule has 1 nitrogen and oxygen atoms in total. The Bertz CT molecular complexity index is 320. The molecule has 2 aliphatic rings. The molecule has 23 heavy (non-hydrogen) atoms. The van der Waals surface area contributed by atoms with Gasteiger partial charge in [0.15, 0.2) is 0 Å². The maximum absolute atomic E-state index is 5.17. The quantitative estimate of drug-likeness (QED) is 0.505. The molecule has 0 spiro atoms. The minimum Gasteiger partial charge on any atom is -0.294 e. The lowest BCUT2D eigenvalue weighted by atomic mass is 9.78. The number of rotatable bonds is 2. The van der Waals surface area contributed by atoms with Gasteiger partial charge in [0, 0.05) is 12.3 Å². The van der Waals surface area contributed by atoms with Gasteiger partial charge in [-0.1, -0.05) is 84.0 Å². The maximum atomic E-state index is 5.17. The highest BCUT2D eigenvalue weighted by Gasteiger charge is 2.24. The van der Waals surface area contributed by atoms with Crippen LogP contribution in [0.1, 0.15) is 116 Å². The first-order valence-corrected chi connectivity index (χ1v) is 10.9. The smallest absolute Gasteiger partial charge is 0.0388 e. The summed E-state index contributed by atoms with van der Waals surface area (Å²) in [6, 6.07) is 0. The molecule has 0 N–H and O–H groups in total. The molecule has 1 aliphatic carbocycles.